The van der Waals surface area contributed by atoms with Crippen molar-refractivity contribution in [2.75, 3.05) is 14.2 Å². The molecule has 0 radical (unpaired) electrons. The predicted molar refractivity (Wildman–Crippen MR) is 57.6 cm³/mol. The number of methoxy groups -OCH3 is 2. The summed E-state index contributed by atoms with van der Waals surface area (Å²) in [5.74, 6) is -4.43. The molecule has 18 heavy (non-hydrogen) atoms. The maximum Gasteiger partial charge on any atom is 0.303 e. The summed E-state index contributed by atoms with van der Waals surface area (Å²) < 4.78 is 9.39. The lowest BCUT2D eigenvalue weighted by Crippen LogP contribution is -2.26. The normalized spacial score (nSPS) is 16.1. The van der Waals surface area contributed by atoms with E-state index in [0.29, 0.717) is 0 Å². The van der Waals surface area contributed by atoms with Crippen LogP contribution < -0.4 is 0 Å². The number of carboxylic acids is 1. The highest BCUT2D eigenvalue weighted by Crippen LogP contribution is 2.27. The van der Waals surface area contributed by atoms with Gasteiger partial charge in [0, 0.05) is 6.42 Å². The van der Waals surface area contributed by atoms with Crippen LogP contribution in [0.1, 0.15) is 12.8 Å². The van der Waals surface area contributed by atoms with Crippen LogP contribution in [0.3, 0.4) is 0 Å². The topological polar surface area (TPSA) is 110 Å². The molecule has 0 spiro atoms. The highest BCUT2D eigenvalue weighted by atomic mass is 16.5. The Bertz CT molecular complexity index is 470. The zero-order valence-electron chi connectivity index (χ0n) is 9.85. The van der Waals surface area contributed by atoms with Crippen LogP contribution in [0.5, 0.6) is 0 Å². The molecule has 98 valence electrons. The molecule has 1 aliphatic rings. The van der Waals surface area contributed by atoms with Crippen LogP contribution in [0.4, 0.5) is 0 Å². The van der Waals surface area contributed by atoms with Gasteiger partial charge in [-0.1, -0.05) is 0 Å². The van der Waals surface area contributed by atoms with E-state index in [1.54, 1.807) is 0 Å². The van der Waals surface area contributed by atoms with Crippen molar-refractivity contribution in [3.05, 3.63) is 22.9 Å². The smallest absolute Gasteiger partial charge is 0.303 e. The third-order valence-corrected chi connectivity index (χ3v) is 2.39. The van der Waals surface area contributed by atoms with Gasteiger partial charge in [-0.15, -0.1) is 0 Å². The van der Waals surface area contributed by atoms with E-state index in [0.717, 1.165) is 14.2 Å². The van der Waals surface area contributed by atoms with Crippen LogP contribution in [0.25, 0.3) is 0 Å². The Kier molecular flexibility index (Phi) is 4.09. The molecule has 0 fully saturated rings. The number of hydrogen-bond acceptors (Lipinski definition) is 6. The summed E-state index contributed by atoms with van der Waals surface area (Å²) in [6.07, 6.45) is -0.512. The van der Waals surface area contributed by atoms with Gasteiger partial charge in [0.25, 0.3) is 5.78 Å². The monoisotopic (exact) mass is 256 g/mol. The van der Waals surface area contributed by atoms with Gasteiger partial charge >= 0.3 is 5.97 Å². The lowest BCUT2D eigenvalue weighted by molar-refractivity contribution is -0.137. The minimum absolute atomic E-state index is 0.112. The molecule has 2 N–H and O–H groups in total. The van der Waals surface area contributed by atoms with Gasteiger partial charge < -0.3 is 19.7 Å². The Morgan fingerprint density at radius 1 is 1.11 bits per heavy atom. The number of aliphatic hydroxyl groups is 1. The fraction of sp³-hybridized carbons (Fsp3) is 0.364. The first-order chi connectivity index (χ1) is 8.43. The summed E-state index contributed by atoms with van der Waals surface area (Å²) in [4.78, 5) is 34.0. The van der Waals surface area contributed by atoms with E-state index in [1.165, 1.54) is 0 Å². The highest BCUT2D eigenvalue weighted by Gasteiger charge is 2.36. The van der Waals surface area contributed by atoms with E-state index in [2.05, 4.69) is 4.74 Å². The van der Waals surface area contributed by atoms with E-state index in [4.69, 9.17) is 9.84 Å². The molecule has 1 aliphatic carbocycles. The maximum absolute atomic E-state index is 11.9. The second-order valence-electron chi connectivity index (χ2n) is 3.45. The molecule has 0 bridgehead atoms. The SMILES string of the molecule is COC1=C(O)C(=O)C(OC)=C(CCC(=O)O)C1=O. The number of carbonyl (C=O) groups is 3. The molecule has 1 rings (SSSR count). The molecule has 7 nitrogen and oxygen atoms in total. The van der Waals surface area contributed by atoms with Gasteiger partial charge in [-0.3, -0.25) is 14.4 Å². The standard InChI is InChI=1S/C11H12O7/c1-17-10-5(3-4-6(12)13)7(14)11(18-2)9(16)8(10)15/h16H,3-4H2,1-2H3,(H,12,13). The summed E-state index contributed by atoms with van der Waals surface area (Å²) >= 11 is 0. The number of carbonyl (C=O) groups excluding carboxylic acids is 2. The number of aliphatic carboxylic acids is 1. The first-order valence-electron chi connectivity index (χ1n) is 4.99. The molecular formula is C11H12O7. The van der Waals surface area contributed by atoms with Gasteiger partial charge in [0.1, 0.15) is 0 Å². The van der Waals surface area contributed by atoms with E-state index in [-0.39, 0.29) is 24.2 Å². The average molecular weight is 256 g/mol. The molecule has 0 amide bonds. The summed E-state index contributed by atoms with van der Waals surface area (Å²) in [6, 6.07) is 0. The molecule has 0 saturated heterocycles. The summed E-state index contributed by atoms with van der Waals surface area (Å²) in [5.41, 5.74) is -0.112. The summed E-state index contributed by atoms with van der Waals surface area (Å²) in [7, 11) is 2.29. The van der Waals surface area contributed by atoms with E-state index in [1.807, 2.05) is 0 Å². The second kappa shape index (κ2) is 5.35. The largest absolute Gasteiger partial charge is 0.501 e. The third-order valence-electron chi connectivity index (χ3n) is 2.39. The number of allylic oxidation sites excluding steroid dienone is 1. The van der Waals surface area contributed by atoms with Crippen LogP contribution in [0, 0.1) is 0 Å². The molecule has 7 heteroatoms. The van der Waals surface area contributed by atoms with Gasteiger partial charge in [0.2, 0.25) is 17.3 Å². The minimum atomic E-state index is -1.11. The number of aliphatic hydroxyl groups excluding tert-OH is 1. The zero-order chi connectivity index (χ0) is 13.9. The van der Waals surface area contributed by atoms with Crippen LogP contribution in [-0.2, 0) is 23.9 Å². The minimum Gasteiger partial charge on any atom is -0.501 e. The second-order valence-corrected chi connectivity index (χ2v) is 3.45. The Morgan fingerprint density at radius 2 is 1.67 bits per heavy atom. The number of hydrogen-bond donors (Lipinski definition) is 2. The molecule has 0 heterocycles. The van der Waals surface area contributed by atoms with Crippen LogP contribution in [0.15, 0.2) is 22.9 Å². The van der Waals surface area contributed by atoms with Crippen molar-refractivity contribution in [3.63, 3.8) is 0 Å². The molecule has 0 aromatic heterocycles. The van der Waals surface area contributed by atoms with E-state index in [9.17, 15) is 19.5 Å². The Balaban J connectivity index is 3.17. The lowest BCUT2D eigenvalue weighted by atomic mass is 9.94. The number of rotatable bonds is 5. The van der Waals surface area contributed by atoms with Gasteiger partial charge in [0.15, 0.2) is 5.76 Å². The Labute approximate surface area is 102 Å². The van der Waals surface area contributed by atoms with Gasteiger partial charge in [-0.2, -0.15) is 0 Å². The number of ketones is 2. The van der Waals surface area contributed by atoms with Crippen molar-refractivity contribution in [2.45, 2.75) is 12.8 Å². The van der Waals surface area contributed by atoms with Gasteiger partial charge in [0.05, 0.1) is 19.8 Å². The fourth-order valence-corrected chi connectivity index (χ4v) is 1.56. The quantitative estimate of drug-likeness (QED) is 0.681. The molecule has 0 aromatic rings. The van der Waals surface area contributed by atoms with Crippen molar-refractivity contribution in [1.82, 2.24) is 0 Å². The molecule has 0 aliphatic heterocycles. The lowest BCUT2D eigenvalue weighted by Gasteiger charge is -2.18. The molecule has 0 unspecified atom stereocenters. The van der Waals surface area contributed by atoms with Crippen LogP contribution in [0.2, 0.25) is 0 Å². The average Bonchev–Trinajstić information content (AvgIpc) is 2.32. The Morgan fingerprint density at radius 3 is 2.11 bits per heavy atom. The summed E-state index contributed by atoms with van der Waals surface area (Å²) in [5, 5.41) is 18.0. The summed E-state index contributed by atoms with van der Waals surface area (Å²) in [6.45, 7) is 0. The Hall–Kier alpha value is -2.31. The van der Waals surface area contributed by atoms with Crippen molar-refractivity contribution in [1.29, 1.82) is 0 Å². The predicted octanol–water partition coefficient (Wildman–Crippen LogP) is 0.319. The van der Waals surface area contributed by atoms with E-state index >= 15 is 0 Å². The molecular weight excluding hydrogens is 244 g/mol. The molecule has 0 atom stereocenters. The number of Topliss-reactive ketones (excluding diaryl/α,β-unsaturated/α-hetero) is 2. The fourth-order valence-electron chi connectivity index (χ4n) is 1.56. The number of ether oxygens (including phenoxy) is 2. The van der Waals surface area contributed by atoms with E-state index < -0.39 is 29.1 Å². The van der Waals surface area contributed by atoms with Gasteiger partial charge in [-0.25, -0.2) is 0 Å². The van der Waals surface area contributed by atoms with Crippen LogP contribution >= 0.6 is 0 Å². The number of carboxylic acid groups (broad SMARTS) is 1. The van der Waals surface area contributed by atoms with Crippen molar-refractivity contribution < 1.29 is 34.1 Å². The first kappa shape index (κ1) is 13.8. The van der Waals surface area contributed by atoms with Crippen molar-refractivity contribution in [2.24, 2.45) is 0 Å². The molecule has 0 aromatic carbocycles. The molecule has 0 saturated carbocycles. The van der Waals surface area contributed by atoms with Gasteiger partial charge in [-0.05, 0) is 6.42 Å². The van der Waals surface area contributed by atoms with Crippen molar-refractivity contribution >= 4 is 17.5 Å². The first-order valence-corrected chi connectivity index (χ1v) is 4.99. The third kappa shape index (κ3) is 2.34. The zero-order valence-corrected chi connectivity index (χ0v) is 9.85. The maximum atomic E-state index is 11.9. The highest BCUT2D eigenvalue weighted by molar-refractivity contribution is 6.22. The van der Waals surface area contributed by atoms with Crippen molar-refractivity contribution in [3.8, 4) is 0 Å². The van der Waals surface area contributed by atoms with Crippen LogP contribution in [-0.4, -0.2) is 42.0 Å².